The first-order valence-electron chi connectivity index (χ1n) is 8.50. The summed E-state index contributed by atoms with van der Waals surface area (Å²) in [6.07, 6.45) is -5.20. The van der Waals surface area contributed by atoms with Gasteiger partial charge in [0, 0.05) is 0 Å². The molecule has 0 bridgehead atoms. The first kappa shape index (κ1) is 20.0. The van der Waals surface area contributed by atoms with Gasteiger partial charge in [-0.3, -0.25) is 0 Å². The molecule has 142 valence electrons. The zero-order chi connectivity index (χ0) is 18.1. The molecule has 2 aliphatic rings. The van der Waals surface area contributed by atoms with Crippen LogP contribution in [0.1, 0.15) is 33.1 Å². The molecule has 0 spiro atoms. The highest BCUT2D eigenvalue weighted by atomic mass is 16.7. The molecule has 0 aromatic heterocycles. The molecular formula is C16H30O8. The molecule has 1 heterocycles. The van der Waals surface area contributed by atoms with Gasteiger partial charge in [0.25, 0.3) is 0 Å². The van der Waals surface area contributed by atoms with E-state index in [1.54, 1.807) is 6.92 Å². The van der Waals surface area contributed by atoms with Gasteiger partial charge in [-0.1, -0.05) is 6.92 Å². The van der Waals surface area contributed by atoms with Gasteiger partial charge in [0.2, 0.25) is 0 Å². The Kier molecular flexibility index (Phi) is 6.60. The molecule has 8 heteroatoms. The molecule has 1 aliphatic carbocycles. The van der Waals surface area contributed by atoms with Crippen LogP contribution in [-0.4, -0.2) is 86.3 Å². The Bertz CT molecular complexity index is 402. The van der Waals surface area contributed by atoms with Crippen LogP contribution in [-0.2, 0) is 9.47 Å². The van der Waals surface area contributed by atoms with E-state index < -0.39 is 49.0 Å². The summed E-state index contributed by atoms with van der Waals surface area (Å²) >= 11 is 0. The van der Waals surface area contributed by atoms with Crippen molar-refractivity contribution in [2.45, 2.75) is 75.5 Å². The molecule has 1 saturated heterocycles. The zero-order valence-corrected chi connectivity index (χ0v) is 14.2. The summed E-state index contributed by atoms with van der Waals surface area (Å²) in [5.41, 5.74) is -1.24. The van der Waals surface area contributed by atoms with E-state index in [9.17, 15) is 25.5 Å². The topological polar surface area (TPSA) is 140 Å². The van der Waals surface area contributed by atoms with Gasteiger partial charge < -0.3 is 40.1 Å². The number of rotatable bonds is 5. The molecule has 6 N–H and O–H groups in total. The second kappa shape index (κ2) is 7.92. The van der Waals surface area contributed by atoms with E-state index in [2.05, 4.69) is 0 Å². The SMILES string of the molecule is C[C@H]1CC[C@@H](C(C)(O)CO[C@@H]2O[C@H](CO)[C@@H](O)[C@H](O)[C@H]2O)C[C@H]1O. The monoisotopic (exact) mass is 350 g/mol. The minimum atomic E-state index is -1.51. The Hall–Kier alpha value is -0.320. The summed E-state index contributed by atoms with van der Waals surface area (Å²) in [7, 11) is 0. The maximum Gasteiger partial charge on any atom is 0.186 e. The average molecular weight is 350 g/mol. The van der Waals surface area contributed by atoms with Crippen LogP contribution >= 0.6 is 0 Å². The van der Waals surface area contributed by atoms with E-state index in [1.165, 1.54) is 0 Å². The van der Waals surface area contributed by atoms with E-state index >= 15 is 0 Å². The van der Waals surface area contributed by atoms with Crippen molar-refractivity contribution >= 4 is 0 Å². The standard InChI is InChI=1S/C16H30O8/c1-8-3-4-9(5-10(8)18)16(2,22)7-23-15-14(21)13(20)12(19)11(6-17)24-15/h8-15,17-22H,3-7H2,1-2H3/t8-,9+,10+,11+,12+,13-,14+,15+,16?/m0/s1. The maximum atomic E-state index is 10.7. The number of aliphatic hydroxyl groups excluding tert-OH is 5. The van der Waals surface area contributed by atoms with Gasteiger partial charge in [0.1, 0.15) is 24.4 Å². The minimum Gasteiger partial charge on any atom is -0.394 e. The highest BCUT2D eigenvalue weighted by molar-refractivity contribution is 4.91. The molecule has 0 aromatic carbocycles. The first-order valence-corrected chi connectivity index (χ1v) is 8.50. The Balaban J connectivity index is 1.93. The van der Waals surface area contributed by atoms with Gasteiger partial charge in [-0.25, -0.2) is 0 Å². The molecule has 0 amide bonds. The number of hydrogen-bond acceptors (Lipinski definition) is 8. The Morgan fingerprint density at radius 3 is 2.33 bits per heavy atom. The fraction of sp³-hybridized carbons (Fsp3) is 1.00. The van der Waals surface area contributed by atoms with Crippen molar-refractivity contribution < 1.29 is 40.1 Å². The lowest BCUT2D eigenvalue weighted by molar-refractivity contribution is -0.310. The van der Waals surface area contributed by atoms with Crippen LogP contribution in [0.3, 0.4) is 0 Å². The highest BCUT2D eigenvalue weighted by Crippen LogP contribution is 2.36. The lowest BCUT2D eigenvalue weighted by atomic mass is 9.73. The Labute approximate surface area is 141 Å². The predicted molar refractivity (Wildman–Crippen MR) is 82.9 cm³/mol. The number of ether oxygens (including phenoxy) is 2. The molecular weight excluding hydrogens is 320 g/mol. The third-order valence-electron chi connectivity index (χ3n) is 5.42. The van der Waals surface area contributed by atoms with Crippen LogP contribution in [0.15, 0.2) is 0 Å². The molecule has 2 fully saturated rings. The van der Waals surface area contributed by atoms with E-state index in [-0.39, 0.29) is 18.4 Å². The summed E-state index contributed by atoms with van der Waals surface area (Å²) in [5, 5.41) is 59.2. The Morgan fingerprint density at radius 1 is 1.08 bits per heavy atom. The summed E-state index contributed by atoms with van der Waals surface area (Å²) in [4.78, 5) is 0. The van der Waals surface area contributed by atoms with Gasteiger partial charge >= 0.3 is 0 Å². The third kappa shape index (κ3) is 4.25. The van der Waals surface area contributed by atoms with Crippen LogP contribution in [0.5, 0.6) is 0 Å². The van der Waals surface area contributed by atoms with Gasteiger partial charge in [0.05, 0.1) is 24.9 Å². The number of aliphatic hydroxyl groups is 6. The van der Waals surface area contributed by atoms with E-state index in [4.69, 9.17) is 14.6 Å². The molecule has 0 aromatic rings. The quantitative estimate of drug-likeness (QED) is 0.347. The van der Waals surface area contributed by atoms with Gasteiger partial charge in [-0.2, -0.15) is 0 Å². The lowest BCUT2D eigenvalue weighted by Crippen LogP contribution is -2.60. The molecule has 24 heavy (non-hydrogen) atoms. The summed E-state index contributed by atoms with van der Waals surface area (Å²) < 4.78 is 10.7. The van der Waals surface area contributed by atoms with Crippen molar-refractivity contribution in [3.05, 3.63) is 0 Å². The zero-order valence-electron chi connectivity index (χ0n) is 14.2. The highest BCUT2D eigenvalue weighted by Gasteiger charge is 2.45. The molecule has 1 saturated carbocycles. The molecule has 9 atom stereocenters. The maximum absolute atomic E-state index is 10.7. The molecule has 8 nitrogen and oxygen atoms in total. The lowest BCUT2D eigenvalue weighted by Gasteiger charge is -2.43. The fourth-order valence-electron chi connectivity index (χ4n) is 3.44. The summed E-state index contributed by atoms with van der Waals surface area (Å²) in [5.74, 6) is 0.0389. The van der Waals surface area contributed by atoms with Crippen LogP contribution in [0, 0.1) is 11.8 Å². The summed E-state index contributed by atoms with van der Waals surface area (Å²) in [6, 6.07) is 0. The first-order chi connectivity index (χ1) is 11.2. The van der Waals surface area contributed by atoms with Crippen LogP contribution in [0.4, 0.5) is 0 Å². The Morgan fingerprint density at radius 2 is 1.75 bits per heavy atom. The smallest absolute Gasteiger partial charge is 0.186 e. The van der Waals surface area contributed by atoms with Crippen LogP contribution < -0.4 is 0 Å². The number of hydrogen-bond donors (Lipinski definition) is 6. The van der Waals surface area contributed by atoms with Crippen molar-refractivity contribution in [2.24, 2.45) is 11.8 Å². The normalized spacial score (nSPS) is 46.5. The van der Waals surface area contributed by atoms with E-state index in [0.717, 1.165) is 12.8 Å². The van der Waals surface area contributed by atoms with Crippen LogP contribution in [0.25, 0.3) is 0 Å². The predicted octanol–water partition coefficient (Wildman–Crippen LogP) is -1.65. The van der Waals surface area contributed by atoms with Gasteiger partial charge in [-0.15, -0.1) is 0 Å². The third-order valence-corrected chi connectivity index (χ3v) is 5.42. The van der Waals surface area contributed by atoms with Crippen molar-refractivity contribution in [3.63, 3.8) is 0 Å². The molecule has 2 rings (SSSR count). The van der Waals surface area contributed by atoms with Gasteiger partial charge in [-0.05, 0) is 38.0 Å². The van der Waals surface area contributed by atoms with Crippen molar-refractivity contribution in [3.8, 4) is 0 Å². The second-order valence-electron chi connectivity index (χ2n) is 7.42. The van der Waals surface area contributed by atoms with Crippen molar-refractivity contribution in [1.82, 2.24) is 0 Å². The van der Waals surface area contributed by atoms with E-state index in [0.29, 0.717) is 6.42 Å². The largest absolute Gasteiger partial charge is 0.394 e. The minimum absolute atomic E-state index is 0.159. The molecule has 1 unspecified atom stereocenters. The molecule has 0 radical (unpaired) electrons. The summed E-state index contributed by atoms with van der Waals surface area (Å²) in [6.45, 7) is 2.87. The second-order valence-corrected chi connectivity index (χ2v) is 7.42. The molecule has 1 aliphatic heterocycles. The average Bonchev–Trinajstić information content (AvgIpc) is 2.54. The van der Waals surface area contributed by atoms with Crippen molar-refractivity contribution in [1.29, 1.82) is 0 Å². The van der Waals surface area contributed by atoms with Crippen molar-refractivity contribution in [2.75, 3.05) is 13.2 Å². The van der Waals surface area contributed by atoms with E-state index in [1.807, 2.05) is 6.92 Å². The fourth-order valence-corrected chi connectivity index (χ4v) is 3.44. The van der Waals surface area contributed by atoms with Crippen LogP contribution in [0.2, 0.25) is 0 Å². The van der Waals surface area contributed by atoms with Gasteiger partial charge in [0.15, 0.2) is 6.29 Å².